The highest BCUT2D eigenvalue weighted by atomic mass is 32.1. The molecule has 1 heterocycles. The molecule has 1 aromatic rings. The third-order valence-corrected chi connectivity index (χ3v) is 1.51. The van der Waals surface area contributed by atoms with Gasteiger partial charge in [0.1, 0.15) is 5.00 Å². The first kappa shape index (κ1) is 6.35. The second kappa shape index (κ2) is 2.68. The molecule has 1 aromatic heterocycles. The molecule has 0 amide bonds. The molecule has 0 unspecified atom stereocenters. The quantitative estimate of drug-likeness (QED) is 0.676. The van der Waals surface area contributed by atoms with E-state index in [9.17, 15) is 0 Å². The molecule has 4 heteroatoms. The predicted octanol–water partition coefficient (Wildman–Crippen LogP) is 1.12. The lowest BCUT2D eigenvalue weighted by molar-refractivity contribution is 0.338. The Hall–Kier alpha value is -0.770. The van der Waals surface area contributed by atoms with Crippen molar-refractivity contribution >= 4 is 16.3 Å². The fraction of sp³-hybridized carbons (Fsp3) is 0.400. The number of hydrogen-bond acceptors (Lipinski definition) is 4. The van der Waals surface area contributed by atoms with E-state index in [0.717, 1.165) is 0 Å². The lowest BCUT2D eigenvalue weighted by atomic mass is 10.9. The molecular weight excluding hydrogens is 136 g/mol. The van der Waals surface area contributed by atoms with Crippen molar-refractivity contribution < 1.29 is 4.74 Å². The van der Waals surface area contributed by atoms with Crippen molar-refractivity contribution in [3.63, 3.8) is 0 Å². The Labute approximate surface area is 57.5 Å². The normalized spacial score (nSPS) is 9.44. The highest BCUT2D eigenvalue weighted by Gasteiger charge is 1.95. The summed E-state index contributed by atoms with van der Waals surface area (Å²) in [5, 5.41) is 1.34. The largest absolute Gasteiger partial charge is 0.470 e. The van der Waals surface area contributed by atoms with E-state index in [4.69, 9.17) is 10.5 Å². The van der Waals surface area contributed by atoms with E-state index in [-0.39, 0.29) is 0 Å². The first-order valence-corrected chi connectivity index (χ1v) is 3.48. The zero-order valence-electron chi connectivity index (χ0n) is 5.13. The Balaban J connectivity index is 2.61. The summed E-state index contributed by atoms with van der Waals surface area (Å²) in [5.41, 5.74) is 5.38. The van der Waals surface area contributed by atoms with Gasteiger partial charge in [0.15, 0.2) is 0 Å². The van der Waals surface area contributed by atoms with Gasteiger partial charge in [-0.05, 0) is 6.92 Å². The molecule has 9 heavy (non-hydrogen) atoms. The number of thiazole rings is 1. The van der Waals surface area contributed by atoms with Crippen molar-refractivity contribution in [1.29, 1.82) is 0 Å². The maximum absolute atomic E-state index is 5.38. The van der Waals surface area contributed by atoms with Crippen LogP contribution in [0.3, 0.4) is 0 Å². The maximum Gasteiger partial charge on any atom is 0.275 e. The summed E-state index contributed by atoms with van der Waals surface area (Å²) in [6, 6.07) is 0. The molecule has 0 radical (unpaired) electrons. The number of rotatable bonds is 2. The number of hydrogen-bond donors (Lipinski definition) is 1. The molecule has 0 aromatic carbocycles. The molecule has 0 saturated carbocycles. The molecule has 50 valence electrons. The number of nitrogens with two attached hydrogens (primary N) is 1. The third kappa shape index (κ3) is 1.57. The van der Waals surface area contributed by atoms with Crippen LogP contribution in [-0.2, 0) is 0 Å². The van der Waals surface area contributed by atoms with Crippen LogP contribution >= 0.6 is 11.3 Å². The average molecular weight is 144 g/mol. The van der Waals surface area contributed by atoms with Crippen molar-refractivity contribution in [3.05, 3.63) is 6.20 Å². The first-order chi connectivity index (χ1) is 4.33. The summed E-state index contributed by atoms with van der Waals surface area (Å²) < 4.78 is 5.05. The van der Waals surface area contributed by atoms with Crippen LogP contribution in [0, 0.1) is 0 Å². The fourth-order valence-electron chi connectivity index (χ4n) is 0.460. The minimum atomic E-state index is 0.646. The van der Waals surface area contributed by atoms with Gasteiger partial charge in [-0.1, -0.05) is 11.3 Å². The van der Waals surface area contributed by atoms with Gasteiger partial charge < -0.3 is 10.5 Å². The molecule has 2 N–H and O–H groups in total. The predicted molar refractivity (Wildman–Crippen MR) is 37.7 cm³/mol. The molecule has 1 rings (SSSR count). The molecule has 0 saturated heterocycles. The third-order valence-electron chi connectivity index (χ3n) is 0.770. The number of ether oxygens (including phenoxy) is 1. The molecular formula is C5H8N2OS. The van der Waals surface area contributed by atoms with Crippen LogP contribution in [0.1, 0.15) is 6.92 Å². The lowest BCUT2D eigenvalue weighted by Gasteiger charge is -1.92. The molecule has 0 fully saturated rings. The average Bonchev–Trinajstić information content (AvgIpc) is 2.17. The van der Waals surface area contributed by atoms with Gasteiger partial charge in [-0.2, -0.15) is 0 Å². The Kier molecular flexibility index (Phi) is 1.89. The van der Waals surface area contributed by atoms with Crippen LogP contribution in [0.4, 0.5) is 5.00 Å². The number of nitrogens with zero attached hydrogens (tertiary/aromatic N) is 1. The van der Waals surface area contributed by atoms with Crippen LogP contribution in [-0.4, -0.2) is 11.6 Å². The fourth-order valence-corrected chi connectivity index (χ4v) is 1.05. The van der Waals surface area contributed by atoms with E-state index >= 15 is 0 Å². The smallest absolute Gasteiger partial charge is 0.275 e. The highest BCUT2D eigenvalue weighted by molar-refractivity contribution is 7.17. The topological polar surface area (TPSA) is 48.1 Å². The van der Waals surface area contributed by atoms with E-state index < -0.39 is 0 Å². The Bertz CT molecular complexity index is 187. The maximum atomic E-state index is 5.38. The molecule has 0 atom stereocenters. The molecule has 0 bridgehead atoms. The second-order valence-electron chi connectivity index (χ2n) is 1.46. The molecule has 0 aliphatic rings. The second-order valence-corrected chi connectivity index (χ2v) is 2.49. The van der Waals surface area contributed by atoms with Gasteiger partial charge in [0.2, 0.25) is 0 Å². The first-order valence-electron chi connectivity index (χ1n) is 2.67. The Morgan fingerprint density at radius 2 is 2.67 bits per heavy atom. The SMILES string of the molecule is CCOc1ncc(N)s1. The summed E-state index contributed by atoms with van der Waals surface area (Å²) in [4.78, 5) is 3.88. The number of aromatic nitrogens is 1. The lowest BCUT2D eigenvalue weighted by Crippen LogP contribution is -1.88. The zero-order chi connectivity index (χ0) is 6.69. The highest BCUT2D eigenvalue weighted by Crippen LogP contribution is 2.21. The van der Waals surface area contributed by atoms with Crippen molar-refractivity contribution in [2.45, 2.75) is 6.92 Å². The van der Waals surface area contributed by atoms with E-state index in [1.165, 1.54) is 11.3 Å². The van der Waals surface area contributed by atoms with Crippen LogP contribution in [0.2, 0.25) is 0 Å². The van der Waals surface area contributed by atoms with Gasteiger partial charge in [0.05, 0.1) is 12.8 Å². The van der Waals surface area contributed by atoms with Crippen molar-refractivity contribution in [2.24, 2.45) is 0 Å². The minimum Gasteiger partial charge on any atom is -0.470 e. The summed E-state index contributed by atoms with van der Waals surface area (Å²) >= 11 is 1.36. The Morgan fingerprint density at radius 3 is 3.11 bits per heavy atom. The summed E-state index contributed by atoms with van der Waals surface area (Å²) in [7, 11) is 0. The van der Waals surface area contributed by atoms with Crippen molar-refractivity contribution in [2.75, 3.05) is 12.3 Å². The van der Waals surface area contributed by atoms with Gasteiger partial charge in [0, 0.05) is 0 Å². The standard InChI is InChI=1S/C5H8N2OS/c1-2-8-5-7-3-4(6)9-5/h3H,2,6H2,1H3. The number of nitrogen functional groups attached to an aromatic ring is 1. The van der Waals surface area contributed by atoms with E-state index in [1.54, 1.807) is 6.20 Å². The van der Waals surface area contributed by atoms with Gasteiger partial charge in [-0.25, -0.2) is 4.98 Å². The van der Waals surface area contributed by atoms with Gasteiger partial charge >= 0.3 is 0 Å². The summed E-state index contributed by atoms with van der Waals surface area (Å²) in [6.45, 7) is 2.56. The number of anilines is 1. The minimum absolute atomic E-state index is 0.646. The zero-order valence-corrected chi connectivity index (χ0v) is 5.94. The molecule has 3 nitrogen and oxygen atoms in total. The Morgan fingerprint density at radius 1 is 1.89 bits per heavy atom. The van der Waals surface area contributed by atoms with Gasteiger partial charge in [-0.15, -0.1) is 0 Å². The van der Waals surface area contributed by atoms with E-state index in [2.05, 4.69) is 4.98 Å². The van der Waals surface area contributed by atoms with Crippen LogP contribution < -0.4 is 10.5 Å². The molecule has 0 aliphatic carbocycles. The van der Waals surface area contributed by atoms with E-state index in [1.807, 2.05) is 6.92 Å². The molecule has 0 spiro atoms. The van der Waals surface area contributed by atoms with Crippen LogP contribution in [0.5, 0.6) is 5.19 Å². The van der Waals surface area contributed by atoms with E-state index in [0.29, 0.717) is 16.8 Å². The summed E-state index contributed by atoms with van der Waals surface area (Å²) in [5.74, 6) is 0. The monoisotopic (exact) mass is 144 g/mol. The van der Waals surface area contributed by atoms with Gasteiger partial charge in [0.25, 0.3) is 5.19 Å². The van der Waals surface area contributed by atoms with Crippen LogP contribution in [0.25, 0.3) is 0 Å². The van der Waals surface area contributed by atoms with Crippen LogP contribution in [0.15, 0.2) is 6.20 Å². The summed E-state index contributed by atoms with van der Waals surface area (Å²) in [6.07, 6.45) is 1.59. The molecule has 0 aliphatic heterocycles. The van der Waals surface area contributed by atoms with Crippen molar-refractivity contribution in [3.8, 4) is 5.19 Å². The van der Waals surface area contributed by atoms with Gasteiger partial charge in [-0.3, -0.25) is 0 Å². The van der Waals surface area contributed by atoms with Crippen molar-refractivity contribution in [1.82, 2.24) is 4.98 Å².